The Morgan fingerprint density at radius 2 is 2.06 bits per heavy atom. The molecule has 1 fully saturated rings. The molecule has 1 aliphatic rings. The monoisotopic (exact) mass is 264 g/mol. The van der Waals surface area contributed by atoms with Crippen LogP contribution in [0.2, 0.25) is 0 Å². The Labute approximate surface area is 113 Å². The number of hydrogen-bond donors (Lipinski definition) is 2. The van der Waals surface area contributed by atoms with E-state index in [0.29, 0.717) is 12.5 Å². The molecule has 18 heavy (non-hydrogen) atoms. The highest BCUT2D eigenvalue weighted by atomic mass is 32.2. The van der Waals surface area contributed by atoms with E-state index in [-0.39, 0.29) is 5.91 Å². The number of carbonyl (C=O) groups is 1. The summed E-state index contributed by atoms with van der Waals surface area (Å²) in [5.74, 6) is 2.54. The molecule has 3 nitrogen and oxygen atoms in total. The van der Waals surface area contributed by atoms with Crippen LogP contribution in [0.4, 0.5) is 11.4 Å². The summed E-state index contributed by atoms with van der Waals surface area (Å²) in [6, 6.07) is 8.55. The van der Waals surface area contributed by atoms with Gasteiger partial charge in [0.2, 0.25) is 5.91 Å². The molecule has 1 aromatic carbocycles. The lowest BCUT2D eigenvalue weighted by atomic mass is 10.1. The summed E-state index contributed by atoms with van der Waals surface area (Å²) in [7, 11) is 0. The zero-order valence-corrected chi connectivity index (χ0v) is 11.6. The first kappa shape index (κ1) is 13.3. The second-order valence-corrected chi connectivity index (χ2v) is 5.69. The van der Waals surface area contributed by atoms with E-state index in [1.54, 1.807) is 0 Å². The third-order valence-corrected chi connectivity index (χ3v) is 4.24. The summed E-state index contributed by atoms with van der Waals surface area (Å²) >= 11 is 2.02. The van der Waals surface area contributed by atoms with Gasteiger partial charge >= 0.3 is 0 Å². The van der Waals surface area contributed by atoms with Gasteiger partial charge in [0.15, 0.2) is 0 Å². The van der Waals surface area contributed by atoms with Gasteiger partial charge < -0.3 is 10.6 Å². The molecule has 2 rings (SSSR count). The summed E-state index contributed by atoms with van der Waals surface area (Å²) < 4.78 is 0. The predicted octanol–water partition coefficient (Wildman–Crippen LogP) is 3.34. The Hall–Kier alpha value is -1.16. The first-order valence-corrected chi connectivity index (χ1v) is 7.67. The number of anilines is 2. The number of hydrogen-bond acceptors (Lipinski definition) is 3. The third-order valence-electron chi connectivity index (χ3n) is 3.02. The van der Waals surface area contributed by atoms with Crippen LogP contribution >= 0.6 is 11.8 Å². The minimum Gasteiger partial charge on any atom is -0.381 e. The van der Waals surface area contributed by atoms with E-state index < -0.39 is 0 Å². The second-order valence-electron chi connectivity index (χ2n) is 4.54. The predicted molar refractivity (Wildman–Crippen MR) is 79.3 cm³/mol. The highest BCUT2D eigenvalue weighted by molar-refractivity contribution is 7.99. The fourth-order valence-electron chi connectivity index (χ4n) is 1.99. The Balaban J connectivity index is 1.88. The molecule has 1 aliphatic heterocycles. The van der Waals surface area contributed by atoms with Gasteiger partial charge in [-0.25, -0.2) is 0 Å². The van der Waals surface area contributed by atoms with E-state index in [9.17, 15) is 4.79 Å². The molecule has 0 spiro atoms. The van der Waals surface area contributed by atoms with Crippen molar-refractivity contribution in [1.29, 1.82) is 0 Å². The highest BCUT2D eigenvalue weighted by Crippen LogP contribution is 2.21. The quantitative estimate of drug-likeness (QED) is 0.876. The van der Waals surface area contributed by atoms with Crippen LogP contribution in [-0.2, 0) is 4.79 Å². The lowest BCUT2D eigenvalue weighted by Crippen LogP contribution is -2.25. The maximum absolute atomic E-state index is 11.3. The van der Waals surface area contributed by atoms with Gasteiger partial charge in [0.05, 0.1) is 0 Å². The zero-order chi connectivity index (χ0) is 12.8. The molecule has 4 heteroatoms. The number of benzene rings is 1. The van der Waals surface area contributed by atoms with Gasteiger partial charge in [-0.2, -0.15) is 11.8 Å². The van der Waals surface area contributed by atoms with Gasteiger partial charge in [-0.15, -0.1) is 0 Å². The molecule has 0 bridgehead atoms. The van der Waals surface area contributed by atoms with Crippen molar-refractivity contribution < 1.29 is 4.79 Å². The van der Waals surface area contributed by atoms with Crippen molar-refractivity contribution in [2.45, 2.75) is 32.2 Å². The lowest BCUT2D eigenvalue weighted by Gasteiger charge is -2.23. The van der Waals surface area contributed by atoms with Crippen molar-refractivity contribution in [2.24, 2.45) is 0 Å². The van der Waals surface area contributed by atoms with Gasteiger partial charge in [0.25, 0.3) is 0 Å². The van der Waals surface area contributed by atoms with Gasteiger partial charge in [-0.3, -0.25) is 4.79 Å². The SMILES string of the molecule is CCC(=O)Nc1ccc(NC2CCCSC2)cc1. The maximum atomic E-state index is 11.3. The molecule has 2 N–H and O–H groups in total. The summed E-state index contributed by atoms with van der Waals surface area (Å²) in [6.07, 6.45) is 3.06. The Kier molecular flexibility index (Phi) is 4.93. The van der Waals surface area contributed by atoms with Crippen molar-refractivity contribution in [1.82, 2.24) is 0 Å². The van der Waals surface area contributed by atoms with Crippen LogP contribution in [0.15, 0.2) is 24.3 Å². The fourth-order valence-corrected chi connectivity index (χ4v) is 3.06. The largest absolute Gasteiger partial charge is 0.381 e. The highest BCUT2D eigenvalue weighted by Gasteiger charge is 2.12. The minimum atomic E-state index is 0.0550. The van der Waals surface area contributed by atoms with Crippen molar-refractivity contribution >= 4 is 29.0 Å². The average Bonchev–Trinajstić information content (AvgIpc) is 2.42. The molecule has 0 aromatic heterocycles. The molecule has 0 aliphatic carbocycles. The molecular weight excluding hydrogens is 244 g/mol. The van der Waals surface area contributed by atoms with Crippen molar-refractivity contribution in [3.8, 4) is 0 Å². The zero-order valence-electron chi connectivity index (χ0n) is 10.7. The van der Waals surface area contributed by atoms with Crippen molar-refractivity contribution in [2.75, 3.05) is 22.1 Å². The molecule has 1 heterocycles. The summed E-state index contributed by atoms with van der Waals surface area (Å²) in [5, 5.41) is 6.39. The van der Waals surface area contributed by atoms with E-state index in [1.165, 1.54) is 24.3 Å². The summed E-state index contributed by atoms with van der Waals surface area (Å²) in [4.78, 5) is 11.3. The van der Waals surface area contributed by atoms with Crippen molar-refractivity contribution in [3.05, 3.63) is 24.3 Å². The van der Waals surface area contributed by atoms with Crippen LogP contribution in [0, 0.1) is 0 Å². The number of amides is 1. The normalized spacial score (nSPS) is 19.3. The van der Waals surface area contributed by atoms with Crippen LogP contribution in [0.3, 0.4) is 0 Å². The molecule has 1 unspecified atom stereocenters. The number of nitrogens with one attached hydrogen (secondary N) is 2. The summed E-state index contributed by atoms with van der Waals surface area (Å²) in [5.41, 5.74) is 2.00. The number of rotatable bonds is 4. The second kappa shape index (κ2) is 6.69. The molecule has 1 atom stereocenters. The van der Waals surface area contributed by atoms with Gasteiger partial charge in [0, 0.05) is 29.6 Å². The van der Waals surface area contributed by atoms with Crippen LogP contribution in [0.25, 0.3) is 0 Å². The van der Waals surface area contributed by atoms with Crippen LogP contribution in [-0.4, -0.2) is 23.5 Å². The Morgan fingerprint density at radius 1 is 1.33 bits per heavy atom. The molecule has 1 amide bonds. The van der Waals surface area contributed by atoms with Gasteiger partial charge in [0.1, 0.15) is 0 Å². The standard InChI is InChI=1S/C14H20N2OS/c1-2-14(17)16-12-7-5-11(6-8-12)15-13-4-3-9-18-10-13/h5-8,13,15H,2-4,9-10H2,1H3,(H,16,17). The smallest absolute Gasteiger partial charge is 0.224 e. The topological polar surface area (TPSA) is 41.1 Å². The van der Waals surface area contributed by atoms with Crippen LogP contribution in [0.5, 0.6) is 0 Å². The lowest BCUT2D eigenvalue weighted by molar-refractivity contribution is -0.115. The molecule has 1 aromatic rings. The molecular formula is C14H20N2OS. The van der Waals surface area contributed by atoms with Gasteiger partial charge in [-0.1, -0.05) is 6.92 Å². The average molecular weight is 264 g/mol. The Bertz CT molecular complexity index is 385. The van der Waals surface area contributed by atoms with Crippen LogP contribution < -0.4 is 10.6 Å². The fraction of sp³-hybridized carbons (Fsp3) is 0.500. The first-order chi connectivity index (χ1) is 8.78. The molecule has 0 saturated carbocycles. The Morgan fingerprint density at radius 3 is 2.67 bits per heavy atom. The van der Waals surface area contributed by atoms with E-state index >= 15 is 0 Å². The van der Waals surface area contributed by atoms with Gasteiger partial charge in [-0.05, 0) is 42.9 Å². The number of carbonyl (C=O) groups excluding carboxylic acids is 1. The third kappa shape index (κ3) is 3.95. The molecule has 1 saturated heterocycles. The molecule has 98 valence electrons. The van der Waals surface area contributed by atoms with E-state index in [4.69, 9.17) is 0 Å². The maximum Gasteiger partial charge on any atom is 0.224 e. The minimum absolute atomic E-state index is 0.0550. The van der Waals surface area contributed by atoms with Crippen molar-refractivity contribution in [3.63, 3.8) is 0 Å². The molecule has 0 radical (unpaired) electrons. The number of thioether (sulfide) groups is 1. The van der Waals surface area contributed by atoms with E-state index in [0.717, 1.165) is 11.4 Å². The van der Waals surface area contributed by atoms with E-state index in [1.807, 2.05) is 43.0 Å². The first-order valence-electron chi connectivity index (χ1n) is 6.52. The van der Waals surface area contributed by atoms with Crippen LogP contribution in [0.1, 0.15) is 26.2 Å². The summed E-state index contributed by atoms with van der Waals surface area (Å²) in [6.45, 7) is 1.85. The van der Waals surface area contributed by atoms with E-state index in [2.05, 4.69) is 10.6 Å².